The van der Waals surface area contributed by atoms with Gasteiger partial charge < -0.3 is 28.4 Å². The summed E-state index contributed by atoms with van der Waals surface area (Å²) in [4.78, 5) is 42.7. The highest BCUT2D eigenvalue weighted by Gasteiger charge is 2.37. The average molecular weight is 545 g/mol. The quantitative estimate of drug-likeness (QED) is 0.372. The zero-order chi connectivity index (χ0) is 28.1. The fraction of sp³-hybridized carbons (Fsp3) is 0.323. The molecule has 2 aliphatic rings. The summed E-state index contributed by atoms with van der Waals surface area (Å²) in [6.07, 6.45) is 0.0700. The second kappa shape index (κ2) is 12.2. The first-order chi connectivity index (χ1) is 19.4. The van der Waals surface area contributed by atoms with Gasteiger partial charge in [0.1, 0.15) is 17.3 Å². The Morgan fingerprint density at radius 2 is 1.73 bits per heavy atom. The summed E-state index contributed by atoms with van der Waals surface area (Å²) in [5, 5.41) is 0. The van der Waals surface area contributed by atoms with Gasteiger partial charge >= 0.3 is 5.97 Å². The van der Waals surface area contributed by atoms with Crippen LogP contribution in [-0.4, -0.2) is 60.5 Å². The molecule has 1 aromatic heterocycles. The maximum Gasteiger partial charge on any atom is 0.336 e. The van der Waals surface area contributed by atoms with Crippen molar-refractivity contribution < 1.29 is 33.0 Å². The molecule has 1 atom stereocenters. The predicted octanol–water partition coefficient (Wildman–Crippen LogP) is 4.90. The van der Waals surface area contributed by atoms with Gasteiger partial charge in [0, 0.05) is 31.1 Å². The first kappa shape index (κ1) is 27.2. The Bertz CT molecular complexity index is 1410. The maximum atomic E-state index is 13.5. The highest BCUT2D eigenvalue weighted by Crippen LogP contribution is 2.39. The molecule has 1 saturated heterocycles. The highest BCUT2D eigenvalue weighted by molar-refractivity contribution is 5.96. The van der Waals surface area contributed by atoms with Gasteiger partial charge in [0.05, 0.1) is 31.9 Å². The second-order valence-electron chi connectivity index (χ2n) is 9.61. The lowest BCUT2D eigenvalue weighted by Crippen LogP contribution is -2.40. The van der Waals surface area contributed by atoms with Gasteiger partial charge in [-0.1, -0.05) is 30.3 Å². The molecule has 2 amide bonds. The largest absolute Gasteiger partial charge is 0.463 e. The molecule has 1 fully saturated rings. The molecule has 0 radical (unpaired) electrons. The molecule has 0 N–H and O–H groups in total. The zero-order valence-electron chi connectivity index (χ0n) is 22.6. The molecule has 1 unspecified atom stereocenters. The number of esters is 1. The van der Waals surface area contributed by atoms with Gasteiger partial charge in [-0.25, -0.2) is 4.79 Å². The molecular weight excluding hydrogens is 512 g/mol. The van der Waals surface area contributed by atoms with Crippen LogP contribution in [0.15, 0.2) is 82.4 Å². The van der Waals surface area contributed by atoms with E-state index in [9.17, 15) is 14.4 Å². The molecule has 0 spiro atoms. The van der Waals surface area contributed by atoms with Crippen molar-refractivity contribution in [3.63, 3.8) is 0 Å². The van der Waals surface area contributed by atoms with Crippen molar-refractivity contribution in [2.75, 3.05) is 32.9 Å². The van der Waals surface area contributed by atoms with Gasteiger partial charge in [0.25, 0.3) is 5.91 Å². The third-order valence-corrected chi connectivity index (χ3v) is 7.04. The SMILES string of the molecule is CCOC(=O)C1=C(C)N(Cc2ccc(C(=O)N3CCOCC3)o2)C(=O)CC1c1cccc(Oc2ccccc2)c1. The van der Waals surface area contributed by atoms with E-state index in [0.29, 0.717) is 54.8 Å². The first-order valence-electron chi connectivity index (χ1n) is 13.4. The number of rotatable bonds is 8. The van der Waals surface area contributed by atoms with Gasteiger partial charge in [-0.15, -0.1) is 0 Å². The van der Waals surface area contributed by atoms with E-state index in [4.69, 9.17) is 18.6 Å². The van der Waals surface area contributed by atoms with E-state index >= 15 is 0 Å². The Balaban J connectivity index is 1.40. The standard InChI is InChI=1S/C31H32N2O7/c1-3-38-31(36)29-21(2)33(20-25-12-13-27(40-25)30(35)32-14-16-37-17-15-32)28(34)19-26(29)22-8-7-11-24(18-22)39-23-9-5-4-6-10-23/h4-13,18,26H,3,14-17,19-20H2,1-2H3. The third kappa shape index (κ3) is 5.94. The van der Waals surface area contributed by atoms with E-state index in [2.05, 4.69) is 0 Å². The molecule has 0 bridgehead atoms. The Morgan fingerprint density at radius 3 is 2.48 bits per heavy atom. The molecule has 3 heterocycles. The number of nitrogens with zero attached hydrogens (tertiary/aromatic N) is 2. The Labute approximate surface area is 232 Å². The average Bonchev–Trinajstić information content (AvgIpc) is 3.44. The molecule has 40 heavy (non-hydrogen) atoms. The van der Waals surface area contributed by atoms with E-state index in [1.807, 2.05) is 54.6 Å². The molecule has 5 rings (SSSR count). The Kier molecular flexibility index (Phi) is 8.31. The molecular formula is C31H32N2O7. The predicted molar refractivity (Wildman–Crippen MR) is 146 cm³/mol. The molecule has 3 aromatic rings. The fourth-order valence-corrected chi connectivity index (χ4v) is 5.04. The molecule has 208 valence electrons. The summed E-state index contributed by atoms with van der Waals surface area (Å²) in [6.45, 7) is 5.77. The summed E-state index contributed by atoms with van der Waals surface area (Å²) in [7, 11) is 0. The van der Waals surface area contributed by atoms with Gasteiger partial charge in [-0.3, -0.25) is 9.59 Å². The van der Waals surface area contributed by atoms with Gasteiger partial charge in [-0.2, -0.15) is 0 Å². The molecule has 2 aliphatic heterocycles. The summed E-state index contributed by atoms with van der Waals surface area (Å²) in [6, 6.07) is 20.1. The van der Waals surface area contributed by atoms with Crippen molar-refractivity contribution in [3.05, 3.63) is 95.1 Å². The smallest absolute Gasteiger partial charge is 0.336 e. The maximum absolute atomic E-state index is 13.5. The van der Waals surface area contributed by atoms with E-state index in [-0.39, 0.29) is 37.1 Å². The van der Waals surface area contributed by atoms with E-state index < -0.39 is 11.9 Å². The van der Waals surface area contributed by atoms with Gasteiger partial charge in [0.15, 0.2) is 5.76 Å². The number of carbonyl (C=O) groups excluding carboxylic acids is 3. The fourth-order valence-electron chi connectivity index (χ4n) is 5.04. The normalized spacial score (nSPS) is 17.6. The molecule has 0 aliphatic carbocycles. The lowest BCUT2D eigenvalue weighted by Gasteiger charge is -2.34. The van der Waals surface area contributed by atoms with Crippen LogP contribution in [0, 0.1) is 0 Å². The summed E-state index contributed by atoms with van der Waals surface area (Å²) >= 11 is 0. The van der Waals surface area contributed by atoms with Gasteiger partial charge in [0.2, 0.25) is 5.91 Å². The minimum Gasteiger partial charge on any atom is -0.463 e. The third-order valence-electron chi connectivity index (χ3n) is 7.04. The highest BCUT2D eigenvalue weighted by atomic mass is 16.5. The van der Waals surface area contributed by atoms with Gasteiger partial charge in [-0.05, 0) is 55.8 Å². The summed E-state index contributed by atoms with van der Waals surface area (Å²) in [5.74, 6) is 0.599. The summed E-state index contributed by atoms with van der Waals surface area (Å²) < 4.78 is 22.6. The lowest BCUT2D eigenvalue weighted by molar-refractivity contribution is -0.140. The van der Waals surface area contributed by atoms with Crippen LogP contribution in [0.4, 0.5) is 0 Å². The van der Waals surface area contributed by atoms with Crippen LogP contribution >= 0.6 is 0 Å². The van der Waals surface area contributed by atoms with Crippen molar-refractivity contribution in [2.45, 2.75) is 32.7 Å². The van der Waals surface area contributed by atoms with Crippen LogP contribution < -0.4 is 4.74 Å². The minimum absolute atomic E-state index is 0.0700. The van der Waals surface area contributed by atoms with Crippen LogP contribution in [-0.2, 0) is 25.6 Å². The topological polar surface area (TPSA) is 98.5 Å². The number of hydrogen-bond acceptors (Lipinski definition) is 7. The number of hydrogen-bond donors (Lipinski definition) is 0. The zero-order valence-corrected chi connectivity index (χ0v) is 22.6. The van der Waals surface area contributed by atoms with Crippen LogP contribution in [0.5, 0.6) is 11.5 Å². The number of para-hydroxylation sites is 1. The van der Waals surface area contributed by atoms with E-state index in [1.54, 1.807) is 30.9 Å². The number of carbonyl (C=O) groups is 3. The minimum atomic E-state index is -0.503. The number of ether oxygens (including phenoxy) is 3. The van der Waals surface area contributed by atoms with Crippen LogP contribution in [0.1, 0.15) is 48.1 Å². The van der Waals surface area contributed by atoms with Crippen molar-refractivity contribution >= 4 is 17.8 Å². The van der Waals surface area contributed by atoms with E-state index in [0.717, 1.165) is 5.56 Å². The van der Waals surface area contributed by atoms with E-state index in [1.165, 1.54) is 4.90 Å². The molecule has 2 aromatic carbocycles. The number of morpholine rings is 1. The second-order valence-corrected chi connectivity index (χ2v) is 9.61. The van der Waals surface area contributed by atoms with Crippen LogP contribution in [0.25, 0.3) is 0 Å². The number of amides is 2. The summed E-state index contributed by atoms with van der Waals surface area (Å²) in [5.41, 5.74) is 1.68. The van der Waals surface area contributed by atoms with Crippen LogP contribution in [0.3, 0.4) is 0 Å². The van der Waals surface area contributed by atoms with Crippen molar-refractivity contribution in [1.82, 2.24) is 9.80 Å². The number of benzene rings is 2. The van der Waals surface area contributed by atoms with Crippen molar-refractivity contribution in [3.8, 4) is 11.5 Å². The monoisotopic (exact) mass is 544 g/mol. The Morgan fingerprint density at radius 1 is 0.975 bits per heavy atom. The van der Waals surface area contributed by atoms with Crippen LogP contribution in [0.2, 0.25) is 0 Å². The molecule has 9 nitrogen and oxygen atoms in total. The number of allylic oxidation sites excluding steroid dienone is 1. The lowest BCUT2D eigenvalue weighted by atomic mass is 9.83. The van der Waals surface area contributed by atoms with Crippen molar-refractivity contribution in [2.24, 2.45) is 0 Å². The molecule has 9 heteroatoms. The van der Waals surface area contributed by atoms with Crippen molar-refractivity contribution in [1.29, 1.82) is 0 Å². The molecule has 0 saturated carbocycles. The number of furan rings is 1. The first-order valence-corrected chi connectivity index (χ1v) is 13.4. The Hall–Kier alpha value is -4.37.